The van der Waals surface area contributed by atoms with Crippen molar-refractivity contribution in [3.63, 3.8) is 0 Å². The third kappa shape index (κ3) is 2.95. The molecule has 0 saturated heterocycles. The Labute approximate surface area is 77.3 Å². The van der Waals surface area contributed by atoms with Gasteiger partial charge >= 0.3 is 0 Å². The highest BCUT2D eigenvalue weighted by Crippen LogP contribution is 2.12. The number of unbranched alkanes of at least 4 members (excludes halogenated alkanes) is 1. The van der Waals surface area contributed by atoms with Crippen LogP contribution in [0.4, 0.5) is 0 Å². The molecule has 70 valence electrons. The minimum atomic E-state index is -0.428. The molecule has 0 atom stereocenters. The lowest BCUT2D eigenvalue weighted by atomic mass is 10.0. The van der Waals surface area contributed by atoms with Crippen LogP contribution in [0.1, 0.15) is 19.3 Å². The van der Waals surface area contributed by atoms with E-state index in [9.17, 15) is 9.59 Å². The van der Waals surface area contributed by atoms with Crippen molar-refractivity contribution in [2.75, 3.05) is 6.54 Å². The highest BCUT2D eigenvalue weighted by Gasteiger charge is 2.12. The van der Waals surface area contributed by atoms with Gasteiger partial charge in [0.15, 0.2) is 0 Å². The van der Waals surface area contributed by atoms with E-state index in [2.05, 4.69) is 0 Å². The van der Waals surface area contributed by atoms with Crippen molar-refractivity contribution in [1.82, 2.24) is 0 Å². The van der Waals surface area contributed by atoms with Crippen LogP contribution in [0, 0.1) is 0 Å². The number of rotatable bonds is 4. The molecule has 0 amide bonds. The third-order valence-electron chi connectivity index (χ3n) is 1.93. The smallest absolute Gasteiger partial charge is 0.225 e. The molecular weight excluding hydrogens is 166 g/mol. The van der Waals surface area contributed by atoms with Gasteiger partial charge in [-0.25, -0.2) is 0 Å². The fraction of sp³-hybridized carbons (Fsp3) is 0.400. The molecule has 0 aromatic rings. The molecule has 0 unspecified atom stereocenters. The van der Waals surface area contributed by atoms with Gasteiger partial charge in [0.1, 0.15) is 0 Å². The number of allylic oxidation sites excluding steroid dienone is 4. The summed E-state index contributed by atoms with van der Waals surface area (Å²) >= 11 is 0. The first kappa shape index (κ1) is 9.86. The van der Waals surface area contributed by atoms with Gasteiger partial charge in [-0.2, -0.15) is 0 Å². The Morgan fingerprint density at radius 1 is 1.08 bits per heavy atom. The summed E-state index contributed by atoms with van der Waals surface area (Å²) < 4.78 is 0. The van der Waals surface area contributed by atoms with E-state index in [0.29, 0.717) is 6.54 Å². The summed E-state index contributed by atoms with van der Waals surface area (Å²) in [7, 11) is 0. The van der Waals surface area contributed by atoms with Crippen molar-refractivity contribution in [3.05, 3.63) is 23.8 Å². The maximum atomic E-state index is 10.9. The van der Waals surface area contributed by atoms with Gasteiger partial charge in [0, 0.05) is 0 Å². The van der Waals surface area contributed by atoms with Gasteiger partial charge in [-0.1, -0.05) is 6.08 Å². The molecule has 3 nitrogen and oxygen atoms in total. The minimum absolute atomic E-state index is 0.412. The molecule has 0 aromatic carbocycles. The van der Waals surface area contributed by atoms with Gasteiger partial charge in [0.2, 0.25) is 11.6 Å². The van der Waals surface area contributed by atoms with Gasteiger partial charge < -0.3 is 5.73 Å². The fourth-order valence-corrected chi connectivity index (χ4v) is 1.18. The summed E-state index contributed by atoms with van der Waals surface area (Å²) in [6, 6.07) is 0. The molecule has 1 aliphatic rings. The minimum Gasteiger partial charge on any atom is -0.330 e. The van der Waals surface area contributed by atoms with Gasteiger partial charge in [-0.3, -0.25) is 9.59 Å². The Hall–Kier alpha value is -1.22. The van der Waals surface area contributed by atoms with Crippen molar-refractivity contribution < 1.29 is 9.59 Å². The normalized spacial score (nSPS) is 16.2. The van der Waals surface area contributed by atoms with Crippen molar-refractivity contribution in [1.29, 1.82) is 0 Å². The van der Waals surface area contributed by atoms with Crippen LogP contribution in [0.25, 0.3) is 0 Å². The molecule has 0 fully saturated rings. The van der Waals surface area contributed by atoms with Gasteiger partial charge in [0.25, 0.3) is 0 Å². The van der Waals surface area contributed by atoms with E-state index in [1.165, 1.54) is 12.2 Å². The Morgan fingerprint density at radius 2 is 1.85 bits per heavy atom. The molecule has 1 aliphatic carbocycles. The average molecular weight is 179 g/mol. The van der Waals surface area contributed by atoms with Gasteiger partial charge in [0.05, 0.1) is 0 Å². The Bertz CT molecular complexity index is 277. The maximum absolute atomic E-state index is 10.9. The van der Waals surface area contributed by atoms with Crippen LogP contribution >= 0.6 is 0 Å². The van der Waals surface area contributed by atoms with E-state index < -0.39 is 11.6 Å². The molecular formula is C10H13NO2. The first-order valence-corrected chi connectivity index (χ1v) is 4.41. The zero-order chi connectivity index (χ0) is 9.68. The number of hydrogen-bond acceptors (Lipinski definition) is 3. The number of hydrogen-bond donors (Lipinski definition) is 1. The number of ketones is 2. The molecule has 0 saturated carbocycles. The largest absolute Gasteiger partial charge is 0.330 e. The van der Waals surface area contributed by atoms with E-state index in [0.717, 1.165) is 24.8 Å². The standard InChI is InChI=1S/C10H13NO2/c11-6-2-1-3-8-4-5-9(12)10(13)7-8/h4-5,7H,1-3,6,11H2. The van der Waals surface area contributed by atoms with E-state index in [1.54, 1.807) is 6.08 Å². The lowest BCUT2D eigenvalue weighted by Gasteiger charge is -2.04. The third-order valence-corrected chi connectivity index (χ3v) is 1.93. The molecule has 0 bridgehead atoms. The van der Waals surface area contributed by atoms with E-state index in [4.69, 9.17) is 5.73 Å². The first-order valence-electron chi connectivity index (χ1n) is 4.41. The van der Waals surface area contributed by atoms with Crippen molar-refractivity contribution in [2.24, 2.45) is 5.73 Å². The summed E-state index contributed by atoms with van der Waals surface area (Å²) in [6.07, 6.45) is 7.20. The topological polar surface area (TPSA) is 60.2 Å². The zero-order valence-electron chi connectivity index (χ0n) is 7.45. The van der Waals surface area contributed by atoms with Crippen molar-refractivity contribution in [2.45, 2.75) is 19.3 Å². The maximum Gasteiger partial charge on any atom is 0.225 e. The van der Waals surface area contributed by atoms with Gasteiger partial charge in [-0.15, -0.1) is 0 Å². The Morgan fingerprint density at radius 3 is 2.46 bits per heavy atom. The second-order valence-electron chi connectivity index (χ2n) is 3.03. The molecule has 3 heteroatoms. The van der Waals surface area contributed by atoms with Crippen LogP contribution in [0.3, 0.4) is 0 Å². The molecule has 0 spiro atoms. The molecule has 0 aliphatic heterocycles. The molecule has 1 rings (SSSR count). The molecule has 2 N–H and O–H groups in total. The fourth-order valence-electron chi connectivity index (χ4n) is 1.18. The molecule has 13 heavy (non-hydrogen) atoms. The summed E-state index contributed by atoms with van der Waals surface area (Å²) in [4.78, 5) is 21.7. The summed E-state index contributed by atoms with van der Waals surface area (Å²) in [5, 5.41) is 0. The molecule has 0 heterocycles. The number of carbonyl (C=O) groups is 2. The molecule has 0 aromatic heterocycles. The second-order valence-corrected chi connectivity index (χ2v) is 3.03. The van der Waals surface area contributed by atoms with Crippen LogP contribution in [-0.4, -0.2) is 18.1 Å². The number of carbonyl (C=O) groups excluding carboxylic acids is 2. The Kier molecular flexibility index (Phi) is 3.58. The quantitative estimate of drug-likeness (QED) is 0.393. The zero-order valence-corrected chi connectivity index (χ0v) is 7.45. The molecule has 0 radical (unpaired) electrons. The van der Waals surface area contributed by atoms with E-state index in [-0.39, 0.29) is 0 Å². The predicted octanol–water partition coefficient (Wildman–Crippen LogP) is 0.750. The second kappa shape index (κ2) is 4.72. The highest BCUT2D eigenvalue weighted by molar-refractivity contribution is 6.46. The van der Waals surface area contributed by atoms with E-state index in [1.807, 2.05) is 0 Å². The lowest BCUT2D eigenvalue weighted by molar-refractivity contribution is -0.131. The predicted molar refractivity (Wildman–Crippen MR) is 50.1 cm³/mol. The van der Waals surface area contributed by atoms with Crippen LogP contribution in [0.15, 0.2) is 23.8 Å². The number of nitrogens with two attached hydrogens (primary N) is 1. The van der Waals surface area contributed by atoms with Crippen molar-refractivity contribution >= 4 is 11.6 Å². The summed E-state index contributed by atoms with van der Waals surface area (Å²) in [6.45, 7) is 0.671. The lowest BCUT2D eigenvalue weighted by Crippen LogP contribution is -2.11. The average Bonchev–Trinajstić information content (AvgIpc) is 2.12. The van der Waals surface area contributed by atoms with Crippen LogP contribution in [-0.2, 0) is 9.59 Å². The summed E-state index contributed by atoms with van der Waals surface area (Å²) in [5.41, 5.74) is 6.26. The monoisotopic (exact) mass is 179 g/mol. The van der Waals surface area contributed by atoms with Crippen LogP contribution in [0.5, 0.6) is 0 Å². The Balaban J connectivity index is 2.44. The van der Waals surface area contributed by atoms with Crippen LogP contribution in [0.2, 0.25) is 0 Å². The van der Waals surface area contributed by atoms with Crippen LogP contribution < -0.4 is 5.73 Å². The van der Waals surface area contributed by atoms with Crippen molar-refractivity contribution in [3.8, 4) is 0 Å². The summed E-state index contributed by atoms with van der Waals surface area (Å²) in [5.74, 6) is -0.840. The highest BCUT2D eigenvalue weighted by atomic mass is 16.2. The SMILES string of the molecule is NCCCCC1=CC(=O)C(=O)C=C1. The van der Waals surface area contributed by atoms with E-state index >= 15 is 0 Å². The van der Waals surface area contributed by atoms with Gasteiger partial charge in [-0.05, 0) is 43.5 Å². The first-order chi connectivity index (χ1) is 6.24.